The second-order valence-corrected chi connectivity index (χ2v) is 7.37. The van der Waals surface area contributed by atoms with Gasteiger partial charge < -0.3 is 31.7 Å². The van der Waals surface area contributed by atoms with Gasteiger partial charge in [-0.15, -0.1) is 0 Å². The van der Waals surface area contributed by atoms with E-state index in [2.05, 4.69) is 37.4 Å². The smallest absolute Gasteiger partial charge is 0.271 e. The van der Waals surface area contributed by atoms with Gasteiger partial charge in [0.05, 0.1) is 17.7 Å². The molecule has 1 aliphatic rings. The van der Waals surface area contributed by atoms with Crippen molar-refractivity contribution < 1.29 is 20.1 Å². The van der Waals surface area contributed by atoms with Crippen LogP contribution in [0.4, 0.5) is 11.8 Å². The van der Waals surface area contributed by atoms with Crippen molar-refractivity contribution in [1.29, 1.82) is 0 Å². The molecule has 0 bridgehead atoms. The number of pyridine rings is 1. The molecule has 0 spiro atoms. The van der Waals surface area contributed by atoms with Crippen molar-refractivity contribution >= 4 is 29.3 Å². The first kappa shape index (κ1) is 22.7. The van der Waals surface area contributed by atoms with Gasteiger partial charge in [0, 0.05) is 25.3 Å². The third-order valence-corrected chi connectivity index (χ3v) is 5.20. The van der Waals surface area contributed by atoms with E-state index in [1.807, 2.05) is 0 Å². The second-order valence-electron chi connectivity index (χ2n) is 7.02. The molecule has 0 aliphatic heterocycles. The Morgan fingerprint density at radius 1 is 1.32 bits per heavy atom. The van der Waals surface area contributed by atoms with Crippen molar-refractivity contribution in [1.82, 2.24) is 20.3 Å². The van der Waals surface area contributed by atoms with E-state index >= 15 is 0 Å². The topological polar surface area (TPSA) is 167 Å². The predicted octanol–water partition coefficient (Wildman–Crippen LogP) is -0.229. The maximum Gasteiger partial charge on any atom is 0.271 e. The first-order valence-corrected chi connectivity index (χ1v) is 10.0. The molecule has 7 N–H and O–H groups in total. The standard InChI is InChI=1S/C20H23ClN6O4/c1-2-23-19(31)14-10(4-3-7-24-14)5-6-12-17(21)26-20(22)27-18(12)25-13-8-11(9-28)15(29)16(13)30/h3-4,7,11,13,15-16,28-30H,2,8-9H2,1H3,(H,23,31)(H3,22,25,26,27). The van der Waals surface area contributed by atoms with E-state index < -0.39 is 24.2 Å². The molecule has 0 aromatic carbocycles. The molecule has 10 nitrogen and oxygen atoms in total. The molecular formula is C20H23ClN6O4. The van der Waals surface area contributed by atoms with Gasteiger partial charge >= 0.3 is 0 Å². The van der Waals surface area contributed by atoms with Crippen LogP contribution in [0.25, 0.3) is 0 Å². The number of nitrogens with one attached hydrogen (secondary N) is 2. The average Bonchev–Trinajstić information content (AvgIpc) is 3.01. The first-order chi connectivity index (χ1) is 14.8. The molecule has 31 heavy (non-hydrogen) atoms. The molecule has 1 fully saturated rings. The Bertz CT molecular complexity index is 1020. The van der Waals surface area contributed by atoms with E-state index in [0.29, 0.717) is 18.5 Å². The summed E-state index contributed by atoms with van der Waals surface area (Å²) in [7, 11) is 0. The van der Waals surface area contributed by atoms with Crippen molar-refractivity contribution in [3.63, 3.8) is 0 Å². The summed E-state index contributed by atoms with van der Waals surface area (Å²) in [6, 6.07) is 2.69. The Hall–Kier alpha value is -2.97. The number of carbonyl (C=O) groups excluding carboxylic acids is 1. The largest absolute Gasteiger partial charge is 0.396 e. The third kappa shape index (κ3) is 5.03. The molecule has 1 aliphatic carbocycles. The lowest BCUT2D eigenvalue weighted by molar-refractivity contribution is 0.00445. The highest BCUT2D eigenvalue weighted by molar-refractivity contribution is 6.31. The van der Waals surface area contributed by atoms with Crippen LogP contribution >= 0.6 is 11.6 Å². The fourth-order valence-electron chi connectivity index (χ4n) is 3.35. The molecule has 1 saturated carbocycles. The van der Waals surface area contributed by atoms with E-state index in [9.17, 15) is 20.1 Å². The van der Waals surface area contributed by atoms with Crippen LogP contribution in [0.3, 0.4) is 0 Å². The van der Waals surface area contributed by atoms with Gasteiger partial charge in [0.15, 0.2) is 5.15 Å². The summed E-state index contributed by atoms with van der Waals surface area (Å²) in [4.78, 5) is 24.3. The monoisotopic (exact) mass is 446 g/mol. The minimum atomic E-state index is -1.13. The van der Waals surface area contributed by atoms with Crippen LogP contribution in [0.15, 0.2) is 18.3 Å². The van der Waals surface area contributed by atoms with Gasteiger partial charge in [0.25, 0.3) is 5.91 Å². The number of aliphatic hydroxyl groups is 3. The van der Waals surface area contributed by atoms with Crippen molar-refractivity contribution in [2.75, 3.05) is 24.2 Å². The lowest BCUT2D eigenvalue weighted by Gasteiger charge is -2.19. The Kier molecular flexibility index (Phi) is 7.25. The van der Waals surface area contributed by atoms with Crippen LogP contribution in [0.2, 0.25) is 5.15 Å². The molecule has 164 valence electrons. The van der Waals surface area contributed by atoms with Crippen LogP contribution in [0, 0.1) is 17.8 Å². The maximum atomic E-state index is 12.2. The Morgan fingerprint density at radius 2 is 2.10 bits per heavy atom. The molecule has 11 heteroatoms. The molecule has 2 aromatic heterocycles. The number of carbonyl (C=O) groups is 1. The number of amides is 1. The molecule has 2 aromatic rings. The number of nitrogens with zero attached hydrogens (tertiary/aromatic N) is 3. The minimum absolute atomic E-state index is 0.0160. The second kappa shape index (κ2) is 9.89. The van der Waals surface area contributed by atoms with Gasteiger partial charge in [-0.1, -0.05) is 23.4 Å². The molecule has 2 heterocycles. The molecule has 0 saturated heterocycles. The van der Waals surface area contributed by atoms with E-state index in [1.54, 1.807) is 19.1 Å². The summed E-state index contributed by atoms with van der Waals surface area (Å²) < 4.78 is 0. The van der Waals surface area contributed by atoms with Crippen LogP contribution in [-0.4, -0.2) is 67.6 Å². The summed E-state index contributed by atoms with van der Waals surface area (Å²) in [5, 5.41) is 35.4. The zero-order valence-electron chi connectivity index (χ0n) is 16.7. The summed E-state index contributed by atoms with van der Waals surface area (Å²) in [5.74, 6) is 4.94. The van der Waals surface area contributed by atoms with Gasteiger partial charge in [-0.25, -0.2) is 4.98 Å². The summed E-state index contributed by atoms with van der Waals surface area (Å²) in [5.41, 5.74) is 6.46. The van der Waals surface area contributed by atoms with Gasteiger partial charge in [-0.05, 0) is 25.5 Å². The van der Waals surface area contributed by atoms with Crippen LogP contribution < -0.4 is 16.4 Å². The Balaban J connectivity index is 1.96. The molecular weight excluding hydrogens is 424 g/mol. The van der Waals surface area contributed by atoms with Gasteiger partial charge in [0.2, 0.25) is 5.95 Å². The number of rotatable bonds is 5. The fourth-order valence-corrected chi connectivity index (χ4v) is 3.57. The number of anilines is 2. The highest BCUT2D eigenvalue weighted by Crippen LogP contribution is 2.30. The first-order valence-electron chi connectivity index (χ1n) is 9.67. The number of aromatic nitrogens is 3. The number of nitrogen functional groups attached to an aromatic ring is 1. The SMILES string of the molecule is CCNC(=O)c1ncccc1C#Cc1c(Cl)nc(N)nc1NC1CC(CO)C(O)C1O. The molecule has 1 amide bonds. The van der Waals surface area contributed by atoms with Crippen molar-refractivity contribution in [3.05, 3.63) is 40.3 Å². The lowest BCUT2D eigenvalue weighted by atomic mass is 10.1. The van der Waals surface area contributed by atoms with Gasteiger partial charge in [-0.3, -0.25) is 4.79 Å². The molecule has 3 rings (SSSR count). The lowest BCUT2D eigenvalue weighted by Crippen LogP contribution is -2.35. The number of hydrogen-bond donors (Lipinski definition) is 6. The highest BCUT2D eigenvalue weighted by atomic mass is 35.5. The van der Waals surface area contributed by atoms with Crippen LogP contribution in [-0.2, 0) is 0 Å². The fraction of sp³-hybridized carbons (Fsp3) is 0.400. The summed E-state index contributed by atoms with van der Waals surface area (Å²) in [6.07, 6.45) is -0.416. The normalized spacial score (nSPS) is 22.5. The predicted molar refractivity (Wildman–Crippen MR) is 114 cm³/mol. The van der Waals surface area contributed by atoms with Crippen LogP contribution in [0.1, 0.15) is 35.0 Å². The highest BCUT2D eigenvalue weighted by Gasteiger charge is 2.41. The maximum absolute atomic E-state index is 12.2. The minimum Gasteiger partial charge on any atom is -0.396 e. The number of hydrogen-bond acceptors (Lipinski definition) is 9. The Labute approximate surface area is 183 Å². The number of aliphatic hydroxyl groups excluding tert-OH is 3. The van der Waals surface area contributed by atoms with E-state index in [1.165, 1.54) is 6.20 Å². The van der Waals surface area contributed by atoms with Crippen LogP contribution in [0.5, 0.6) is 0 Å². The quantitative estimate of drug-likeness (QED) is 0.268. The zero-order chi connectivity index (χ0) is 22.5. The molecule has 0 radical (unpaired) electrons. The Morgan fingerprint density at radius 3 is 2.77 bits per heavy atom. The average molecular weight is 447 g/mol. The number of nitrogens with two attached hydrogens (primary N) is 1. The molecule has 4 atom stereocenters. The third-order valence-electron chi connectivity index (χ3n) is 4.92. The van der Waals surface area contributed by atoms with Crippen molar-refractivity contribution in [2.45, 2.75) is 31.6 Å². The summed E-state index contributed by atoms with van der Waals surface area (Å²) >= 11 is 6.24. The van der Waals surface area contributed by atoms with Gasteiger partial charge in [-0.2, -0.15) is 9.97 Å². The number of halogens is 1. The molecule has 4 unspecified atom stereocenters. The van der Waals surface area contributed by atoms with E-state index in [4.69, 9.17) is 17.3 Å². The van der Waals surface area contributed by atoms with Crippen molar-refractivity contribution in [3.8, 4) is 11.8 Å². The van der Waals surface area contributed by atoms with E-state index in [0.717, 1.165) is 0 Å². The van der Waals surface area contributed by atoms with Gasteiger partial charge in [0.1, 0.15) is 23.2 Å². The van der Waals surface area contributed by atoms with Crippen molar-refractivity contribution in [2.24, 2.45) is 5.92 Å². The van der Waals surface area contributed by atoms with E-state index in [-0.39, 0.29) is 40.7 Å². The zero-order valence-corrected chi connectivity index (χ0v) is 17.5. The summed E-state index contributed by atoms with van der Waals surface area (Å²) in [6.45, 7) is 1.98.